The second kappa shape index (κ2) is 8.70. The molecule has 8 nitrogen and oxygen atoms in total. The van der Waals surface area contributed by atoms with Crippen molar-refractivity contribution >= 4 is 63.1 Å². The first kappa shape index (κ1) is 22.9. The summed E-state index contributed by atoms with van der Waals surface area (Å²) in [7, 11) is 0. The van der Waals surface area contributed by atoms with Crippen LogP contribution in [0.15, 0.2) is 53.5 Å². The highest BCUT2D eigenvalue weighted by molar-refractivity contribution is 6.50. The zero-order valence-electron chi connectivity index (χ0n) is 19.0. The molecule has 3 aromatic heterocycles. The molecule has 5 heterocycles. The Hall–Kier alpha value is -3.91. The number of para-hydroxylation sites is 1. The van der Waals surface area contributed by atoms with E-state index in [9.17, 15) is 14.4 Å². The Morgan fingerprint density at radius 3 is 2.66 bits per heavy atom. The van der Waals surface area contributed by atoms with Crippen LogP contribution in [-0.4, -0.2) is 45.3 Å². The van der Waals surface area contributed by atoms with Crippen molar-refractivity contribution in [1.82, 2.24) is 19.8 Å². The number of hydrogen-bond acceptors (Lipinski definition) is 5. The average molecular weight is 491 g/mol. The molecule has 0 unspecified atom stereocenters. The molecule has 9 heteroatoms. The van der Waals surface area contributed by atoms with Crippen LogP contribution in [0.5, 0.6) is 0 Å². The van der Waals surface area contributed by atoms with Gasteiger partial charge in [-0.3, -0.25) is 24.7 Å². The molecule has 178 valence electrons. The quantitative estimate of drug-likeness (QED) is 0.443. The summed E-state index contributed by atoms with van der Waals surface area (Å²) in [6, 6.07) is 7.78. The van der Waals surface area contributed by atoms with Crippen LogP contribution in [0.25, 0.3) is 33.0 Å². The van der Waals surface area contributed by atoms with Crippen LogP contribution >= 0.6 is 12.4 Å². The van der Waals surface area contributed by atoms with Gasteiger partial charge in [-0.1, -0.05) is 25.1 Å². The van der Waals surface area contributed by atoms with Crippen LogP contribution in [0.4, 0.5) is 0 Å². The number of carbonyl (C=O) groups is 3. The molecular weight excluding hydrogens is 468 g/mol. The monoisotopic (exact) mass is 490 g/mol. The summed E-state index contributed by atoms with van der Waals surface area (Å²) in [4.78, 5) is 44.6. The van der Waals surface area contributed by atoms with Crippen LogP contribution in [0.3, 0.4) is 0 Å². The Kier molecular flexibility index (Phi) is 5.68. The number of furan rings is 1. The Bertz CT molecular complexity index is 1550. The molecule has 0 fully saturated rings. The van der Waals surface area contributed by atoms with Gasteiger partial charge in [0.15, 0.2) is 0 Å². The maximum atomic E-state index is 13.1. The van der Waals surface area contributed by atoms with Crippen molar-refractivity contribution in [2.75, 3.05) is 13.1 Å². The lowest BCUT2D eigenvalue weighted by Crippen LogP contribution is -2.36. The maximum absolute atomic E-state index is 13.1. The van der Waals surface area contributed by atoms with E-state index >= 15 is 0 Å². The fourth-order valence-corrected chi connectivity index (χ4v) is 5.12. The fourth-order valence-electron chi connectivity index (χ4n) is 5.12. The summed E-state index contributed by atoms with van der Waals surface area (Å²) in [5, 5.41) is 4.13. The number of imide groups is 1. The summed E-state index contributed by atoms with van der Waals surface area (Å²) in [5.41, 5.74) is 4.42. The molecule has 4 aromatic rings. The fraction of sp³-hybridized carbons (Fsp3) is 0.231. The van der Waals surface area contributed by atoms with E-state index in [1.54, 1.807) is 24.7 Å². The first-order valence-corrected chi connectivity index (χ1v) is 11.4. The molecule has 1 aromatic carbocycles. The van der Waals surface area contributed by atoms with Gasteiger partial charge in [0.25, 0.3) is 11.8 Å². The molecule has 2 aliphatic rings. The van der Waals surface area contributed by atoms with E-state index < -0.39 is 11.8 Å². The molecule has 0 saturated carbocycles. The summed E-state index contributed by atoms with van der Waals surface area (Å²) in [5.74, 6) is -0.773. The topological polar surface area (TPSA) is 97.4 Å². The molecule has 6 rings (SSSR count). The van der Waals surface area contributed by atoms with E-state index in [1.165, 1.54) is 0 Å². The molecular formula is C26H23ClN4O4. The first-order valence-electron chi connectivity index (χ1n) is 11.4. The van der Waals surface area contributed by atoms with Gasteiger partial charge in [-0.25, -0.2) is 0 Å². The van der Waals surface area contributed by atoms with Gasteiger partial charge in [-0.05, 0) is 18.1 Å². The van der Waals surface area contributed by atoms with Crippen molar-refractivity contribution < 1.29 is 18.8 Å². The van der Waals surface area contributed by atoms with Gasteiger partial charge < -0.3 is 13.9 Å². The standard InChI is InChI=1S/C26H22N4O4.ClH/c1-2-20(31)29-8-6-15-4-3-5-17-19(14-30(10-9-29)23(15)17)22-21(25(32)28-26(22)33)18-13-27-12-16-7-11-34-24(16)18;/h3-5,7,11-14H,2,6,8-10H2,1H3,(H,28,32,33);1H. The number of halogens is 1. The Balaban J connectivity index is 0.00000253. The highest BCUT2D eigenvalue weighted by atomic mass is 35.5. The lowest BCUT2D eigenvalue weighted by molar-refractivity contribution is -0.131. The van der Waals surface area contributed by atoms with E-state index in [2.05, 4.69) is 20.9 Å². The summed E-state index contributed by atoms with van der Waals surface area (Å²) < 4.78 is 7.74. The van der Waals surface area contributed by atoms with Gasteiger partial charge in [-0.15, -0.1) is 12.4 Å². The van der Waals surface area contributed by atoms with Crippen LogP contribution in [0, 0.1) is 0 Å². The van der Waals surface area contributed by atoms with Gasteiger partial charge >= 0.3 is 0 Å². The molecule has 0 aliphatic carbocycles. The highest BCUT2D eigenvalue weighted by Crippen LogP contribution is 2.39. The second-order valence-electron chi connectivity index (χ2n) is 8.59. The number of nitrogens with zero attached hydrogens (tertiary/aromatic N) is 3. The minimum Gasteiger partial charge on any atom is -0.464 e. The number of benzene rings is 1. The number of aromatic nitrogens is 2. The molecule has 0 radical (unpaired) electrons. The van der Waals surface area contributed by atoms with E-state index in [-0.39, 0.29) is 23.9 Å². The summed E-state index contributed by atoms with van der Waals surface area (Å²) in [6.45, 7) is 3.73. The predicted molar refractivity (Wildman–Crippen MR) is 134 cm³/mol. The molecule has 1 N–H and O–H groups in total. The number of fused-ring (bicyclic) bond motifs is 1. The van der Waals surface area contributed by atoms with Gasteiger partial charge in [0.2, 0.25) is 5.91 Å². The van der Waals surface area contributed by atoms with E-state index in [1.807, 2.05) is 30.2 Å². The SMILES string of the molecule is CCC(=O)N1CCc2cccc3c(C4=C(c5cncc6ccoc56)C(=O)NC4=O)cn(c23)CC1.Cl. The minimum atomic E-state index is -0.466. The van der Waals surface area contributed by atoms with Crippen molar-refractivity contribution in [3.63, 3.8) is 0 Å². The molecule has 0 bridgehead atoms. The van der Waals surface area contributed by atoms with Crippen molar-refractivity contribution in [3.8, 4) is 0 Å². The van der Waals surface area contributed by atoms with Gasteiger partial charge in [0, 0.05) is 66.5 Å². The molecule has 0 spiro atoms. The van der Waals surface area contributed by atoms with Crippen molar-refractivity contribution in [1.29, 1.82) is 0 Å². The third-order valence-electron chi connectivity index (χ3n) is 6.73. The molecule has 2 aliphatic heterocycles. The summed E-state index contributed by atoms with van der Waals surface area (Å²) in [6.07, 6.45) is 7.89. The van der Waals surface area contributed by atoms with E-state index in [4.69, 9.17) is 4.42 Å². The number of hydrogen-bond donors (Lipinski definition) is 1. The zero-order valence-corrected chi connectivity index (χ0v) is 19.9. The van der Waals surface area contributed by atoms with Crippen molar-refractivity contribution in [2.45, 2.75) is 26.3 Å². The average Bonchev–Trinajstić information content (AvgIpc) is 3.52. The van der Waals surface area contributed by atoms with Crippen LogP contribution < -0.4 is 5.32 Å². The second-order valence-corrected chi connectivity index (χ2v) is 8.59. The summed E-state index contributed by atoms with van der Waals surface area (Å²) >= 11 is 0. The van der Waals surface area contributed by atoms with Crippen LogP contribution in [-0.2, 0) is 27.3 Å². The number of carbonyl (C=O) groups excluding carboxylic acids is 3. The third kappa shape index (κ3) is 3.52. The number of nitrogens with one attached hydrogen (secondary N) is 1. The number of pyridine rings is 1. The smallest absolute Gasteiger partial charge is 0.259 e. The Morgan fingerprint density at radius 1 is 1.06 bits per heavy atom. The molecule has 3 amide bonds. The van der Waals surface area contributed by atoms with Crippen molar-refractivity contribution in [3.05, 3.63) is 65.8 Å². The predicted octanol–water partition coefficient (Wildman–Crippen LogP) is 3.57. The first-order chi connectivity index (χ1) is 16.6. The largest absolute Gasteiger partial charge is 0.464 e. The lowest BCUT2D eigenvalue weighted by atomic mass is 9.95. The van der Waals surface area contributed by atoms with Crippen LogP contribution in [0.2, 0.25) is 0 Å². The Morgan fingerprint density at radius 2 is 1.86 bits per heavy atom. The van der Waals surface area contributed by atoms with Gasteiger partial charge in [0.1, 0.15) is 5.58 Å². The molecule has 0 atom stereocenters. The number of amides is 3. The van der Waals surface area contributed by atoms with Gasteiger partial charge in [0.05, 0.1) is 22.9 Å². The van der Waals surface area contributed by atoms with Gasteiger partial charge in [-0.2, -0.15) is 0 Å². The number of rotatable bonds is 3. The highest BCUT2D eigenvalue weighted by Gasteiger charge is 2.36. The normalized spacial score (nSPS) is 15.9. The maximum Gasteiger partial charge on any atom is 0.259 e. The minimum absolute atomic E-state index is 0. The van der Waals surface area contributed by atoms with E-state index in [0.717, 1.165) is 28.3 Å². The van der Waals surface area contributed by atoms with Crippen LogP contribution in [0.1, 0.15) is 30.0 Å². The Labute approximate surface area is 207 Å². The lowest BCUT2D eigenvalue weighted by Gasteiger charge is -2.25. The molecule has 0 saturated heterocycles. The third-order valence-corrected chi connectivity index (χ3v) is 6.73. The van der Waals surface area contributed by atoms with Crippen molar-refractivity contribution in [2.24, 2.45) is 0 Å². The van der Waals surface area contributed by atoms with E-state index in [0.29, 0.717) is 48.3 Å². The molecule has 35 heavy (non-hydrogen) atoms. The zero-order chi connectivity index (χ0) is 23.4.